The van der Waals surface area contributed by atoms with Crippen LogP contribution in [0.15, 0.2) is 65.7 Å². The molecule has 1 aliphatic rings. The Kier molecular flexibility index (Phi) is 4.23. The molecule has 1 heterocycles. The smallest absolute Gasteiger partial charge is 0.251 e. The van der Waals surface area contributed by atoms with Crippen molar-refractivity contribution in [2.24, 2.45) is 4.99 Å². The van der Waals surface area contributed by atoms with Crippen molar-refractivity contribution < 1.29 is 9.47 Å². The Balaban J connectivity index is 1.54. The molecule has 0 aliphatic carbocycles. The zero-order chi connectivity index (χ0) is 13.6. The van der Waals surface area contributed by atoms with Crippen LogP contribution in [-0.2, 0) is 4.74 Å². The van der Waals surface area contributed by atoms with Crippen molar-refractivity contribution in [3.05, 3.63) is 60.7 Å². The normalized spacial score (nSPS) is 19.8. The Morgan fingerprint density at radius 3 is 2.50 bits per heavy atom. The molecule has 3 nitrogen and oxygen atoms in total. The maximum atomic E-state index is 5.73. The van der Waals surface area contributed by atoms with Gasteiger partial charge in [0.15, 0.2) is 0 Å². The number of hydrogen-bond acceptors (Lipinski definition) is 4. The lowest BCUT2D eigenvalue weighted by atomic mass is 10.3. The molecule has 1 saturated heterocycles. The van der Waals surface area contributed by atoms with E-state index in [2.05, 4.69) is 4.99 Å². The third kappa shape index (κ3) is 3.54. The molecule has 1 atom stereocenters. The van der Waals surface area contributed by atoms with Gasteiger partial charge in [-0.25, -0.2) is 4.99 Å². The highest BCUT2D eigenvalue weighted by atomic mass is 32.2. The Bertz CT molecular complexity index is 572. The molecule has 20 heavy (non-hydrogen) atoms. The second-order valence-corrected chi connectivity index (χ2v) is 5.64. The lowest BCUT2D eigenvalue weighted by Crippen LogP contribution is -2.14. The summed E-state index contributed by atoms with van der Waals surface area (Å²) >= 11 is 1.63. The molecule has 2 aromatic carbocycles. The predicted octanol–water partition coefficient (Wildman–Crippen LogP) is 3.89. The standard InChI is InChI=1S/C16H15NO2S/c1-3-7-13(8-4-1)17-16-19-12-15(20-16)11-18-14-9-5-2-6-10-14/h1-10,15H,11-12H2. The predicted molar refractivity (Wildman–Crippen MR) is 82.8 cm³/mol. The summed E-state index contributed by atoms with van der Waals surface area (Å²) in [7, 11) is 0. The van der Waals surface area contributed by atoms with E-state index in [-0.39, 0.29) is 5.25 Å². The third-order valence-corrected chi connectivity index (χ3v) is 3.83. The van der Waals surface area contributed by atoms with Gasteiger partial charge in [0.05, 0.1) is 10.9 Å². The highest BCUT2D eigenvalue weighted by Crippen LogP contribution is 2.26. The highest BCUT2D eigenvalue weighted by molar-refractivity contribution is 8.14. The lowest BCUT2D eigenvalue weighted by Gasteiger charge is -2.08. The van der Waals surface area contributed by atoms with Crippen LogP contribution in [0.2, 0.25) is 0 Å². The molecule has 0 N–H and O–H groups in total. The molecule has 0 radical (unpaired) electrons. The zero-order valence-corrected chi connectivity index (χ0v) is 11.8. The maximum Gasteiger partial charge on any atom is 0.251 e. The van der Waals surface area contributed by atoms with E-state index < -0.39 is 0 Å². The summed E-state index contributed by atoms with van der Waals surface area (Å²) in [5.41, 5.74) is 0.916. The van der Waals surface area contributed by atoms with E-state index in [1.807, 2.05) is 60.7 Å². The first-order valence-corrected chi connectivity index (χ1v) is 7.39. The summed E-state index contributed by atoms with van der Waals surface area (Å²) in [6.07, 6.45) is 0. The molecular weight excluding hydrogens is 270 g/mol. The molecule has 1 fully saturated rings. The molecule has 2 aromatic rings. The van der Waals surface area contributed by atoms with Crippen LogP contribution in [0, 0.1) is 0 Å². The van der Waals surface area contributed by atoms with Crippen molar-refractivity contribution in [3.63, 3.8) is 0 Å². The lowest BCUT2D eigenvalue weighted by molar-refractivity contribution is 0.262. The Labute approximate surface area is 122 Å². The van der Waals surface area contributed by atoms with Gasteiger partial charge in [-0.05, 0) is 24.3 Å². The molecule has 0 bridgehead atoms. The molecule has 0 aromatic heterocycles. The summed E-state index contributed by atoms with van der Waals surface area (Å²) in [6.45, 7) is 1.27. The number of para-hydroxylation sites is 2. The van der Waals surface area contributed by atoms with Gasteiger partial charge in [0, 0.05) is 0 Å². The molecule has 3 rings (SSSR count). The number of benzene rings is 2. The summed E-state index contributed by atoms with van der Waals surface area (Å²) in [5.74, 6) is 0.890. The first-order valence-electron chi connectivity index (χ1n) is 6.51. The topological polar surface area (TPSA) is 30.8 Å². The molecule has 0 saturated carbocycles. The largest absolute Gasteiger partial charge is 0.492 e. The Morgan fingerprint density at radius 2 is 1.75 bits per heavy atom. The van der Waals surface area contributed by atoms with Crippen LogP contribution in [0.25, 0.3) is 0 Å². The second-order valence-electron chi connectivity index (χ2n) is 4.39. The van der Waals surface area contributed by atoms with E-state index in [1.165, 1.54) is 0 Å². The van der Waals surface area contributed by atoms with Crippen LogP contribution in [0.5, 0.6) is 5.75 Å². The van der Waals surface area contributed by atoms with Crippen molar-refractivity contribution in [2.45, 2.75) is 5.25 Å². The van der Waals surface area contributed by atoms with E-state index in [4.69, 9.17) is 9.47 Å². The summed E-state index contributed by atoms with van der Waals surface area (Å²) in [6, 6.07) is 19.7. The summed E-state index contributed by atoms with van der Waals surface area (Å²) < 4.78 is 11.3. The molecule has 0 spiro atoms. The van der Waals surface area contributed by atoms with E-state index in [1.54, 1.807) is 11.8 Å². The Morgan fingerprint density at radius 1 is 1.05 bits per heavy atom. The average molecular weight is 285 g/mol. The quantitative estimate of drug-likeness (QED) is 0.854. The highest BCUT2D eigenvalue weighted by Gasteiger charge is 2.24. The minimum absolute atomic E-state index is 0.290. The van der Waals surface area contributed by atoms with Gasteiger partial charge in [-0.2, -0.15) is 0 Å². The van der Waals surface area contributed by atoms with Crippen molar-refractivity contribution in [3.8, 4) is 5.75 Å². The first-order chi connectivity index (χ1) is 9.90. The van der Waals surface area contributed by atoms with Gasteiger partial charge in [0.2, 0.25) is 0 Å². The molecule has 102 valence electrons. The average Bonchev–Trinajstić information content (AvgIpc) is 2.95. The number of hydrogen-bond donors (Lipinski definition) is 0. The second kappa shape index (κ2) is 6.48. The van der Waals surface area contributed by atoms with Crippen molar-refractivity contribution in [1.29, 1.82) is 0 Å². The van der Waals surface area contributed by atoms with Gasteiger partial charge in [0.1, 0.15) is 19.0 Å². The van der Waals surface area contributed by atoms with Crippen LogP contribution in [0.1, 0.15) is 0 Å². The SMILES string of the molecule is c1ccc(N=C2OCC(COc3ccccc3)S2)cc1. The van der Waals surface area contributed by atoms with Crippen LogP contribution < -0.4 is 4.74 Å². The van der Waals surface area contributed by atoms with Gasteiger partial charge in [-0.1, -0.05) is 48.2 Å². The van der Waals surface area contributed by atoms with Gasteiger partial charge in [-0.15, -0.1) is 0 Å². The molecule has 0 amide bonds. The number of rotatable bonds is 4. The van der Waals surface area contributed by atoms with Crippen LogP contribution in [-0.4, -0.2) is 23.7 Å². The molecule has 1 aliphatic heterocycles. The number of ether oxygens (including phenoxy) is 2. The van der Waals surface area contributed by atoms with E-state index in [0.29, 0.717) is 13.2 Å². The zero-order valence-electron chi connectivity index (χ0n) is 10.9. The van der Waals surface area contributed by atoms with Crippen molar-refractivity contribution in [1.82, 2.24) is 0 Å². The molecule has 1 unspecified atom stereocenters. The third-order valence-electron chi connectivity index (χ3n) is 2.82. The fourth-order valence-corrected chi connectivity index (χ4v) is 2.68. The maximum absolute atomic E-state index is 5.73. The fourth-order valence-electron chi connectivity index (χ4n) is 1.83. The minimum Gasteiger partial charge on any atom is -0.492 e. The number of aliphatic imine (C=N–C) groups is 1. The van der Waals surface area contributed by atoms with Crippen LogP contribution in [0.3, 0.4) is 0 Å². The van der Waals surface area contributed by atoms with Crippen molar-refractivity contribution in [2.75, 3.05) is 13.2 Å². The van der Waals surface area contributed by atoms with Gasteiger partial charge in [-0.3, -0.25) is 0 Å². The minimum atomic E-state index is 0.290. The summed E-state index contributed by atoms with van der Waals surface area (Å²) in [4.78, 5) is 4.47. The number of thioether (sulfide) groups is 1. The Hall–Kier alpha value is -1.94. The van der Waals surface area contributed by atoms with E-state index in [9.17, 15) is 0 Å². The van der Waals surface area contributed by atoms with E-state index in [0.717, 1.165) is 16.7 Å². The van der Waals surface area contributed by atoms with Crippen LogP contribution in [0.4, 0.5) is 5.69 Å². The first kappa shape index (κ1) is 13.1. The van der Waals surface area contributed by atoms with Gasteiger partial charge < -0.3 is 9.47 Å². The summed E-state index contributed by atoms with van der Waals surface area (Å²) in [5, 5.41) is 1.01. The van der Waals surface area contributed by atoms with Crippen molar-refractivity contribution >= 4 is 22.7 Å². The van der Waals surface area contributed by atoms with Gasteiger partial charge >= 0.3 is 0 Å². The van der Waals surface area contributed by atoms with Gasteiger partial charge in [0.25, 0.3) is 5.23 Å². The molecular formula is C16H15NO2S. The van der Waals surface area contributed by atoms with Crippen LogP contribution >= 0.6 is 11.8 Å². The molecule has 4 heteroatoms. The monoisotopic (exact) mass is 285 g/mol. The fraction of sp³-hybridized carbons (Fsp3) is 0.188. The number of nitrogens with zero attached hydrogens (tertiary/aromatic N) is 1. The van der Waals surface area contributed by atoms with E-state index >= 15 is 0 Å².